The maximum Gasteiger partial charge on any atom is 0.331 e. The van der Waals surface area contributed by atoms with Gasteiger partial charge in [-0.3, -0.25) is 4.79 Å². The molecule has 6 heteroatoms. The first-order valence-electron chi connectivity index (χ1n) is 5.88. The van der Waals surface area contributed by atoms with Crippen molar-refractivity contribution in [1.29, 1.82) is 0 Å². The maximum atomic E-state index is 13.5. The second-order valence-electron chi connectivity index (χ2n) is 4.57. The Balaban J connectivity index is 2.41. The molecule has 1 aromatic rings. The van der Waals surface area contributed by atoms with Gasteiger partial charge in [0.1, 0.15) is 5.82 Å². The lowest BCUT2D eigenvalue weighted by Gasteiger charge is -2.28. The summed E-state index contributed by atoms with van der Waals surface area (Å²) in [7, 11) is 0. The Labute approximate surface area is 118 Å². The molecule has 0 bridgehead atoms. The van der Waals surface area contributed by atoms with Crippen LogP contribution in [0.4, 0.5) is 4.39 Å². The van der Waals surface area contributed by atoms with E-state index < -0.39 is 17.8 Å². The van der Waals surface area contributed by atoms with Crippen molar-refractivity contribution in [1.82, 2.24) is 4.90 Å². The molecule has 0 spiro atoms. The van der Waals surface area contributed by atoms with Crippen LogP contribution in [0.2, 0.25) is 0 Å². The van der Waals surface area contributed by atoms with Gasteiger partial charge < -0.3 is 10.0 Å². The van der Waals surface area contributed by atoms with Gasteiger partial charge in [0.15, 0.2) is 6.04 Å². The van der Waals surface area contributed by atoms with Crippen LogP contribution < -0.4 is 0 Å². The molecule has 1 aliphatic carbocycles. The van der Waals surface area contributed by atoms with Crippen LogP contribution in [-0.2, 0) is 9.59 Å². The fourth-order valence-electron chi connectivity index (χ4n) is 2.11. The van der Waals surface area contributed by atoms with Gasteiger partial charge in [0.2, 0.25) is 5.91 Å². The number of hydrogen-bond donors (Lipinski definition) is 1. The third kappa shape index (κ3) is 2.94. The number of halogens is 2. The molecule has 1 N–H and O–H groups in total. The van der Waals surface area contributed by atoms with Crippen LogP contribution in [0.1, 0.15) is 31.4 Å². The standard InChI is InChI=1S/C13H13BrFNO3/c1-7(17)16(9-3-4-9)12(13(18)19)8-2-5-10(14)11(15)6-8/h2,5-6,9,12H,3-4H2,1H3,(H,18,19). The van der Waals surface area contributed by atoms with Gasteiger partial charge in [0.25, 0.3) is 0 Å². The predicted octanol–water partition coefficient (Wildman–Crippen LogP) is 2.72. The van der Waals surface area contributed by atoms with Gasteiger partial charge in [-0.1, -0.05) is 6.07 Å². The van der Waals surface area contributed by atoms with Gasteiger partial charge in [-0.15, -0.1) is 0 Å². The van der Waals surface area contributed by atoms with Crippen LogP contribution in [0.15, 0.2) is 22.7 Å². The lowest BCUT2D eigenvalue weighted by Crippen LogP contribution is -2.39. The van der Waals surface area contributed by atoms with Gasteiger partial charge >= 0.3 is 5.97 Å². The molecule has 19 heavy (non-hydrogen) atoms. The van der Waals surface area contributed by atoms with E-state index in [1.54, 1.807) is 0 Å². The maximum absolute atomic E-state index is 13.5. The molecule has 102 valence electrons. The Kier molecular flexibility index (Phi) is 3.89. The zero-order chi connectivity index (χ0) is 14.2. The number of aliphatic carboxylic acids is 1. The molecule has 1 atom stereocenters. The van der Waals surface area contributed by atoms with E-state index in [1.165, 1.54) is 24.0 Å². The molecule has 1 saturated carbocycles. The summed E-state index contributed by atoms with van der Waals surface area (Å²) >= 11 is 3.02. The summed E-state index contributed by atoms with van der Waals surface area (Å²) in [6, 6.07) is 2.94. The van der Waals surface area contributed by atoms with Crippen LogP contribution in [0.3, 0.4) is 0 Å². The van der Waals surface area contributed by atoms with Crippen molar-refractivity contribution in [3.05, 3.63) is 34.1 Å². The quantitative estimate of drug-likeness (QED) is 0.923. The third-order valence-corrected chi connectivity index (χ3v) is 3.72. The number of rotatable bonds is 4. The van der Waals surface area contributed by atoms with Crippen molar-refractivity contribution in [2.45, 2.75) is 31.8 Å². The van der Waals surface area contributed by atoms with E-state index >= 15 is 0 Å². The minimum Gasteiger partial charge on any atom is -0.479 e. The van der Waals surface area contributed by atoms with E-state index in [1.807, 2.05) is 0 Å². The topological polar surface area (TPSA) is 57.6 Å². The fourth-order valence-corrected chi connectivity index (χ4v) is 2.35. The Hall–Kier alpha value is -1.43. The highest BCUT2D eigenvalue weighted by Crippen LogP contribution is 2.35. The predicted molar refractivity (Wildman–Crippen MR) is 70.0 cm³/mol. The van der Waals surface area contributed by atoms with Crippen molar-refractivity contribution in [2.24, 2.45) is 0 Å². The Morgan fingerprint density at radius 1 is 1.47 bits per heavy atom. The van der Waals surface area contributed by atoms with Crippen LogP contribution in [-0.4, -0.2) is 27.9 Å². The molecule has 4 nitrogen and oxygen atoms in total. The molecule has 0 aliphatic heterocycles. The van der Waals surface area contributed by atoms with Crippen molar-refractivity contribution in [3.8, 4) is 0 Å². The second-order valence-corrected chi connectivity index (χ2v) is 5.43. The van der Waals surface area contributed by atoms with Crippen molar-refractivity contribution >= 4 is 27.8 Å². The number of carbonyl (C=O) groups is 2. The normalized spacial score (nSPS) is 15.9. The fraction of sp³-hybridized carbons (Fsp3) is 0.385. The molecule has 0 aromatic heterocycles. The molecule has 1 aromatic carbocycles. The Morgan fingerprint density at radius 3 is 2.53 bits per heavy atom. The first-order valence-corrected chi connectivity index (χ1v) is 6.67. The molecule has 1 aliphatic rings. The monoisotopic (exact) mass is 329 g/mol. The zero-order valence-corrected chi connectivity index (χ0v) is 11.9. The average molecular weight is 330 g/mol. The van der Waals surface area contributed by atoms with E-state index in [2.05, 4.69) is 15.9 Å². The van der Waals surface area contributed by atoms with E-state index in [0.717, 1.165) is 18.9 Å². The van der Waals surface area contributed by atoms with Crippen LogP contribution >= 0.6 is 15.9 Å². The summed E-state index contributed by atoms with van der Waals surface area (Å²) in [6.07, 6.45) is 1.59. The first kappa shape index (κ1) is 14.0. The number of nitrogens with zero attached hydrogens (tertiary/aromatic N) is 1. The Morgan fingerprint density at radius 2 is 2.11 bits per heavy atom. The summed E-state index contributed by atoms with van der Waals surface area (Å²) in [5, 5.41) is 9.35. The van der Waals surface area contributed by atoms with Crippen molar-refractivity contribution < 1.29 is 19.1 Å². The molecule has 0 radical (unpaired) electrons. The van der Waals surface area contributed by atoms with Gasteiger partial charge in [0, 0.05) is 13.0 Å². The highest BCUT2D eigenvalue weighted by molar-refractivity contribution is 9.10. The second kappa shape index (κ2) is 5.28. The van der Waals surface area contributed by atoms with E-state index in [-0.39, 0.29) is 22.0 Å². The number of carbonyl (C=O) groups excluding carboxylic acids is 1. The number of amides is 1. The number of benzene rings is 1. The number of carboxylic acids is 1. The SMILES string of the molecule is CC(=O)N(C1CC1)C(C(=O)O)c1ccc(Br)c(F)c1. The van der Waals surface area contributed by atoms with Crippen LogP contribution in [0, 0.1) is 5.82 Å². The minimum atomic E-state index is -1.15. The van der Waals surface area contributed by atoms with Crippen LogP contribution in [0.25, 0.3) is 0 Å². The molecular weight excluding hydrogens is 317 g/mol. The Bertz CT molecular complexity index is 531. The van der Waals surface area contributed by atoms with E-state index in [0.29, 0.717) is 0 Å². The molecule has 1 unspecified atom stereocenters. The number of hydrogen-bond acceptors (Lipinski definition) is 2. The van der Waals surface area contributed by atoms with Gasteiger partial charge in [-0.05, 0) is 46.5 Å². The van der Waals surface area contributed by atoms with Gasteiger partial charge in [-0.25, -0.2) is 9.18 Å². The third-order valence-electron chi connectivity index (χ3n) is 3.08. The van der Waals surface area contributed by atoms with Gasteiger partial charge in [-0.2, -0.15) is 0 Å². The molecule has 0 heterocycles. The lowest BCUT2D eigenvalue weighted by molar-refractivity contribution is -0.150. The largest absolute Gasteiger partial charge is 0.479 e. The summed E-state index contributed by atoms with van der Waals surface area (Å²) in [5.74, 6) is -2.00. The molecular formula is C13H13BrFNO3. The summed E-state index contributed by atoms with van der Waals surface area (Å²) in [4.78, 5) is 24.4. The summed E-state index contributed by atoms with van der Waals surface area (Å²) in [6.45, 7) is 1.34. The minimum absolute atomic E-state index is 0.0506. The highest BCUT2D eigenvalue weighted by Gasteiger charge is 2.40. The zero-order valence-electron chi connectivity index (χ0n) is 10.3. The lowest BCUT2D eigenvalue weighted by atomic mass is 10.0. The van der Waals surface area contributed by atoms with E-state index in [4.69, 9.17) is 0 Å². The molecule has 1 amide bonds. The van der Waals surface area contributed by atoms with Crippen molar-refractivity contribution in [3.63, 3.8) is 0 Å². The van der Waals surface area contributed by atoms with Crippen molar-refractivity contribution in [2.75, 3.05) is 0 Å². The molecule has 0 saturated heterocycles. The number of carboxylic acid groups (broad SMARTS) is 1. The first-order chi connectivity index (χ1) is 8.91. The molecule has 2 rings (SSSR count). The highest BCUT2D eigenvalue weighted by atomic mass is 79.9. The average Bonchev–Trinajstić information content (AvgIpc) is 3.12. The van der Waals surface area contributed by atoms with Crippen LogP contribution in [0.5, 0.6) is 0 Å². The molecule has 1 fully saturated rings. The smallest absolute Gasteiger partial charge is 0.331 e. The summed E-state index contributed by atoms with van der Waals surface area (Å²) in [5.41, 5.74) is 0.273. The van der Waals surface area contributed by atoms with Gasteiger partial charge in [0.05, 0.1) is 4.47 Å². The summed E-state index contributed by atoms with van der Waals surface area (Å²) < 4.78 is 13.8. The van der Waals surface area contributed by atoms with E-state index in [9.17, 15) is 19.1 Å².